The van der Waals surface area contributed by atoms with Gasteiger partial charge >= 0.3 is 5.97 Å². The highest BCUT2D eigenvalue weighted by Gasteiger charge is 2.52. The lowest BCUT2D eigenvalue weighted by atomic mass is 9.82. The summed E-state index contributed by atoms with van der Waals surface area (Å²) in [6, 6.07) is -0.187. The summed E-state index contributed by atoms with van der Waals surface area (Å²) in [5.74, 6) is -3.18. The Kier molecular flexibility index (Phi) is 3.83. The molecule has 1 saturated carbocycles. The molecule has 2 rings (SSSR count). The predicted octanol–water partition coefficient (Wildman–Crippen LogP) is 0.232. The van der Waals surface area contributed by atoms with Gasteiger partial charge in [-0.15, -0.1) is 0 Å². The van der Waals surface area contributed by atoms with Gasteiger partial charge in [0.25, 0.3) is 0 Å². The number of nitrogens with two attached hydrogens (primary N) is 1. The Labute approximate surface area is 117 Å². The second kappa shape index (κ2) is 5.26. The van der Waals surface area contributed by atoms with E-state index < -0.39 is 23.7 Å². The summed E-state index contributed by atoms with van der Waals surface area (Å²) in [7, 11) is 0. The molecule has 0 saturated heterocycles. The van der Waals surface area contributed by atoms with Gasteiger partial charge in [-0.2, -0.15) is 0 Å². The van der Waals surface area contributed by atoms with Crippen LogP contribution >= 0.6 is 0 Å². The normalized spacial score (nSPS) is 30.8. The Hall–Kier alpha value is -1.85. The molecule has 0 spiro atoms. The molecule has 0 aromatic rings. The Morgan fingerprint density at radius 3 is 2.25 bits per heavy atom. The summed E-state index contributed by atoms with van der Waals surface area (Å²) in [5, 5.41) is 9.36. The molecule has 2 aliphatic carbocycles. The maximum Gasteiger partial charge on any atom is 0.307 e. The third kappa shape index (κ3) is 2.42. The zero-order valence-corrected chi connectivity index (χ0v) is 11.7. The van der Waals surface area contributed by atoms with Crippen LogP contribution in [0.1, 0.15) is 20.3 Å². The summed E-state index contributed by atoms with van der Waals surface area (Å²) in [6.07, 6.45) is 4.52. The number of primary amides is 1. The van der Waals surface area contributed by atoms with Crippen molar-refractivity contribution < 1.29 is 19.5 Å². The van der Waals surface area contributed by atoms with Crippen molar-refractivity contribution in [3.05, 3.63) is 12.2 Å². The molecule has 2 amide bonds. The molecule has 0 aromatic heterocycles. The fraction of sp³-hybridized carbons (Fsp3) is 0.643. The lowest BCUT2D eigenvalue weighted by Gasteiger charge is -2.32. The van der Waals surface area contributed by atoms with Gasteiger partial charge in [-0.05, 0) is 32.1 Å². The average molecular weight is 280 g/mol. The van der Waals surface area contributed by atoms with Crippen LogP contribution < -0.4 is 5.73 Å². The van der Waals surface area contributed by atoms with E-state index in [1.54, 1.807) is 13.8 Å². The van der Waals surface area contributed by atoms with Gasteiger partial charge in [0, 0.05) is 6.04 Å². The van der Waals surface area contributed by atoms with E-state index in [4.69, 9.17) is 5.73 Å². The first-order valence-corrected chi connectivity index (χ1v) is 6.82. The molecule has 20 heavy (non-hydrogen) atoms. The van der Waals surface area contributed by atoms with Crippen LogP contribution in [0.25, 0.3) is 0 Å². The lowest BCUT2D eigenvalue weighted by Crippen LogP contribution is -2.48. The number of rotatable bonds is 5. The smallest absolute Gasteiger partial charge is 0.307 e. The summed E-state index contributed by atoms with van der Waals surface area (Å²) < 4.78 is 0. The molecule has 3 N–H and O–H groups in total. The third-order valence-corrected chi connectivity index (χ3v) is 4.26. The maximum absolute atomic E-state index is 12.6. The van der Waals surface area contributed by atoms with Gasteiger partial charge < -0.3 is 15.7 Å². The molecule has 0 aliphatic heterocycles. The summed E-state index contributed by atoms with van der Waals surface area (Å²) in [4.78, 5) is 36.6. The first-order valence-electron chi connectivity index (χ1n) is 6.82. The van der Waals surface area contributed by atoms with E-state index in [0.29, 0.717) is 6.42 Å². The second-order valence-corrected chi connectivity index (χ2v) is 5.86. The number of hydrogen-bond donors (Lipinski definition) is 2. The molecule has 6 heteroatoms. The highest BCUT2D eigenvalue weighted by atomic mass is 16.4. The highest BCUT2D eigenvalue weighted by molar-refractivity contribution is 5.89. The summed E-state index contributed by atoms with van der Waals surface area (Å²) in [5.41, 5.74) is 5.17. The van der Waals surface area contributed by atoms with E-state index in [1.165, 1.54) is 4.90 Å². The van der Waals surface area contributed by atoms with E-state index in [2.05, 4.69) is 0 Å². The Balaban J connectivity index is 2.24. The molecule has 0 heterocycles. The van der Waals surface area contributed by atoms with Gasteiger partial charge in [-0.3, -0.25) is 14.4 Å². The van der Waals surface area contributed by atoms with E-state index in [1.807, 2.05) is 12.2 Å². The molecule has 0 radical (unpaired) electrons. The average Bonchev–Trinajstić information content (AvgIpc) is 2.94. The molecule has 4 atom stereocenters. The van der Waals surface area contributed by atoms with Crippen molar-refractivity contribution in [3.8, 4) is 0 Å². The fourth-order valence-electron chi connectivity index (χ4n) is 3.37. The molecular weight excluding hydrogens is 260 g/mol. The Bertz CT molecular complexity index is 472. The van der Waals surface area contributed by atoms with Crippen molar-refractivity contribution >= 4 is 17.8 Å². The Morgan fingerprint density at radius 1 is 1.25 bits per heavy atom. The fourth-order valence-corrected chi connectivity index (χ4v) is 3.37. The van der Waals surface area contributed by atoms with Crippen molar-refractivity contribution in [2.24, 2.45) is 29.4 Å². The van der Waals surface area contributed by atoms with Gasteiger partial charge in [0.2, 0.25) is 11.8 Å². The van der Waals surface area contributed by atoms with E-state index in [9.17, 15) is 19.5 Å². The number of aliphatic carboxylic acids is 1. The van der Waals surface area contributed by atoms with Crippen LogP contribution in [0.5, 0.6) is 0 Å². The standard InChI is InChI=1S/C14H20N2O4/c1-7(2)16(6-10(15)17)13(18)11-8-3-4-9(5-8)12(11)14(19)20/h3-4,7-9,11-12H,5-6H2,1-2H3,(H2,15,17)(H,19,20). The molecule has 2 bridgehead atoms. The topological polar surface area (TPSA) is 101 Å². The van der Waals surface area contributed by atoms with Crippen LogP contribution in [0.3, 0.4) is 0 Å². The summed E-state index contributed by atoms with van der Waals surface area (Å²) >= 11 is 0. The Morgan fingerprint density at radius 2 is 1.80 bits per heavy atom. The zero-order valence-electron chi connectivity index (χ0n) is 11.7. The van der Waals surface area contributed by atoms with Gasteiger partial charge in [-0.25, -0.2) is 0 Å². The number of carboxylic acid groups (broad SMARTS) is 1. The number of allylic oxidation sites excluding steroid dienone is 2. The minimum atomic E-state index is -0.942. The molecule has 6 nitrogen and oxygen atoms in total. The number of amides is 2. The first kappa shape index (κ1) is 14.6. The van der Waals surface area contributed by atoms with Crippen LogP contribution in [0.2, 0.25) is 0 Å². The highest BCUT2D eigenvalue weighted by Crippen LogP contribution is 2.48. The van der Waals surface area contributed by atoms with Crippen LogP contribution in [0.15, 0.2) is 12.2 Å². The molecular formula is C14H20N2O4. The number of carboxylic acids is 1. The number of hydrogen-bond acceptors (Lipinski definition) is 3. The van der Waals surface area contributed by atoms with Gasteiger partial charge in [0.1, 0.15) is 0 Å². The molecule has 110 valence electrons. The van der Waals surface area contributed by atoms with Crippen LogP contribution in [-0.2, 0) is 14.4 Å². The van der Waals surface area contributed by atoms with Crippen LogP contribution in [0, 0.1) is 23.7 Å². The molecule has 4 unspecified atom stereocenters. The van der Waals surface area contributed by atoms with Crippen LogP contribution in [0.4, 0.5) is 0 Å². The number of nitrogens with zero attached hydrogens (tertiary/aromatic N) is 1. The van der Waals surface area contributed by atoms with Gasteiger partial charge in [0.15, 0.2) is 0 Å². The minimum absolute atomic E-state index is 0.0391. The van der Waals surface area contributed by atoms with Crippen molar-refractivity contribution in [2.75, 3.05) is 6.54 Å². The monoisotopic (exact) mass is 280 g/mol. The quantitative estimate of drug-likeness (QED) is 0.704. The lowest BCUT2D eigenvalue weighted by molar-refractivity contribution is -0.152. The number of carbonyl (C=O) groups is 3. The minimum Gasteiger partial charge on any atom is -0.481 e. The first-order chi connectivity index (χ1) is 9.32. The van der Waals surface area contributed by atoms with Crippen molar-refractivity contribution in [3.63, 3.8) is 0 Å². The third-order valence-electron chi connectivity index (χ3n) is 4.26. The molecule has 0 aromatic carbocycles. The summed E-state index contributed by atoms with van der Waals surface area (Å²) in [6.45, 7) is 3.42. The van der Waals surface area contributed by atoms with Gasteiger partial charge in [-0.1, -0.05) is 12.2 Å². The van der Waals surface area contributed by atoms with Crippen molar-refractivity contribution in [1.29, 1.82) is 0 Å². The van der Waals surface area contributed by atoms with E-state index >= 15 is 0 Å². The van der Waals surface area contributed by atoms with E-state index in [0.717, 1.165) is 0 Å². The predicted molar refractivity (Wildman–Crippen MR) is 71.4 cm³/mol. The zero-order chi connectivity index (χ0) is 15.0. The van der Waals surface area contributed by atoms with Gasteiger partial charge in [0.05, 0.1) is 18.4 Å². The van der Waals surface area contributed by atoms with Crippen LogP contribution in [-0.4, -0.2) is 40.4 Å². The van der Waals surface area contributed by atoms with Crippen molar-refractivity contribution in [1.82, 2.24) is 4.90 Å². The SMILES string of the molecule is CC(C)N(CC(N)=O)C(=O)C1C2C=CC(C2)C1C(=O)O. The maximum atomic E-state index is 12.6. The molecule has 1 fully saturated rings. The molecule has 2 aliphatic rings. The van der Waals surface area contributed by atoms with Crippen molar-refractivity contribution in [2.45, 2.75) is 26.3 Å². The van der Waals surface area contributed by atoms with E-state index in [-0.39, 0.29) is 30.3 Å². The second-order valence-electron chi connectivity index (χ2n) is 5.86. The number of fused-ring (bicyclic) bond motifs is 2. The number of carbonyl (C=O) groups excluding carboxylic acids is 2. The largest absolute Gasteiger partial charge is 0.481 e.